The van der Waals surface area contributed by atoms with Crippen LogP contribution in [-0.4, -0.2) is 12.6 Å². The van der Waals surface area contributed by atoms with Crippen molar-refractivity contribution in [1.29, 1.82) is 0 Å². The molecule has 0 bridgehead atoms. The largest absolute Gasteiger partial charge is 0.380 e. The first-order valence-electron chi connectivity index (χ1n) is 6.10. The van der Waals surface area contributed by atoms with Crippen molar-refractivity contribution in [3.8, 4) is 0 Å². The fraction of sp³-hybridized carbons (Fsp3) is 0.286. The Morgan fingerprint density at radius 3 is 2.94 bits per heavy atom. The molecule has 0 aliphatic carbocycles. The lowest BCUT2D eigenvalue weighted by atomic mass is 10.1. The molecule has 1 atom stereocenters. The number of para-hydroxylation sites is 1. The average Bonchev–Trinajstić information content (AvgIpc) is 2.95. The molecule has 0 fully saturated rings. The molecule has 2 aromatic rings. The average molecular weight is 323 g/mol. The molecule has 1 aromatic carbocycles. The molecule has 2 nitrogen and oxygen atoms in total. The highest BCUT2D eigenvalue weighted by Gasteiger charge is 2.18. The molecule has 1 aliphatic rings. The summed E-state index contributed by atoms with van der Waals surface area (Å²) in [5.41, 5.74) is 2.73. The topological polar surface area (TPSA) is 24.1 Å². The van der Waals surface area contributed by atoms with E-state index < -0.39 is 0 Å². The first kappa shape index (κ1) is 12.2. The van der Waals surface area contributed by atoms with Gasteiger partial charge in [-0.25, -0.2) is 0 Å². The summed E-state index contributed by atoms with van der Waals surface area (Å²) in [6, 6.07) is 13.4. The third-order valence-corrected chi connectivity index (χ3v) is 4.79. The number of benzene rings is 1. The van der Waals surface area contributed by atoms with Crippen LogP contribution in [0.3, 0.4) is 0 Å². The molecule has 1 aliphatic heterocycles. The summed E-state index contributed by atoms with van der Waals surface area (Å²) in [5.74, 6) is 0. The predicted octanol–water partition coefficient (Wildman–Crippen LogP) is 3.64. The van der Waals surface area contributed by atoms with E-state index in [1.165, 1.54) is 19.9 Å². The maximum absolute atomic E-state index is 3.56. The summed E-state index contributed by atoms with van der Waals surface area (Å²) in [5, 5.41) is 7.08. The molecule has 0 spiro atoms. The Morgan fingerprint density at radius 2 is 2.17 bits per heavy atom. The van der Waals surface area contributed by atoms with Gasteiger partial charge in [-0.3, -0.25) is 0 Å². The summed E-state index contributed by atoms with van der Waals surface area (Å²) in [6.07, 6.45) is 1.12. The van der Waals surface area contributed by atoms with Crippen molar-refractivity contribution >= 4 is 33.0 Å². The van der Waals surface area contributed by atoms with Gasteiger partial charge in [0.05, 0.1) is 3.79 Å². The molecule has 4 heteroatoms. The van der Waals surface area contributed by atoms with Crippen LogP contribution in [0.4, 0.5) is 5.69 Å². The van der Waals surface area contributed by atoms with Gasteiger partial charge in [-0.2, -0.15) is 0 Å². The van der Waals surface area contributed by atoms with Gasteiger partial charge in [0.2, 0.25) is 0 Å². The highest BCUT2D eigenvalue weighted by atomic mass is 79.9. The van der Waals surface area contributed by atoms with Crippen molar-refractivity contribution < 1.29 is 0 Å². The Hall–Kier alpha value is -0.840. The number of fused-ring (bicyclic) bond motifs is 1. The molecule has 2 N–H and O–H groups in total. The summed E-state index contributed by atoms with van der Waals surface area (Å²) in [6.45, 7) is 1.95. The molecule has 0 radical (unpaired) electrons. The Labute approximate surface area is 120 Å². The zero-order valence-corrected chi connectivity index (χ0v) is 12.4. The van der Waals surface area contributed by atoms with E-state index in [0.717, 1.165) is 19.5 Å². The molecule has 18 heavy (non-hydrogen) atoms. The van der Waals surface area contributed by atoms with E-state index in [4.69, 9.17) is 0 Å². The zero-order valence-electron chi connectivity index (χ0n) is 9.95. The molecule has 1 unspecified atom stereocenters. The summed E-state index contributed by atoms with van der Waals surface area (Å²) >= 11 is 5.28. The monoisotopic (exact) mass is 322 g/mol. The highest BCUT2D eigenvalue weighted by molar-refractivity contribution is 9.11. The Balaban J connectivity index is 1.48. The van der Waals surface area contributed by atoms with Crippen LogP contribution < -0.4 is 10.6 Å². The van der Waals surface area contributed by atoms with Crippen molar-refractivity contribution in [2.75, 3.05) is 11.9 Å². The molecule has 0 saturated heterocycles. The number of thiophene rings is 1. The minimum Gasteiger partial charge on any atom is -0.380 e. The lowest BCUT2D eigenvalue weighted by Gasteiger charge is -2.11. The van der Waals surface area contributed by atoms with Gasteiger partial charge in [-0.05, 0) is 46.1 Å². The standard InChI is InChI=1S/C14H15BrN2S/c15-14-6-5-12(18-14)9-16-8-11-7-10-3-1-2-4-13(10)17-11/h1-6,11,16-17H,7-9H2. The van der Waals surface area contributed by atoms with Gasteiger partial charge in [0.15, 0.2) is 0 Å². The molecule has 94 valence electrons. The molecule has 3 rings (SSSR count). The minimum absolute atomic E-state index is 0.519. The normalized spacial score (nSPS) is 17.5. The van der Waals surface area contributed by atoms with Gasteiger partial charge >= 0.3 is 0 Å². The number of hydrogen-bond donors (Lipinski definition) is 2. The summed E-state index contributed by atoms with van der Waals surface area (Å²) in [4.78, 5) is 1.37. The van der Waals surface area contributed by atoms with Gasteiger partial charge in [-0.15, -0.1) is 11.3 Å². The van der Waals surface area contributed by atoms with Crippen LogP contribution in [0.5, 0.6) is 0 Å². The van der Waals surface area contributed by atoms with E-state index in [0.29, 0.717) is 6.04 Å². The van der Waals surface area contributed by atoms with Crippen molar-refractivity contribution in [3.63, 3.8) is 0 Å². The second-order valence-electron chi connectivity index (χ2n) is 4.54. The maximum atomic E-state index is 3.56. The molecule has 1 aromatic heterocycles. The fourth-order valence-corrected chi connectivity index (χ4v) is 3.77. The van der Waals surface area contributed by atoms with Gasteiger partial charge in [0, 0.05) is 29.7 Å². The van der Waals surface area contributed by atoms with Crippen LogP contribution in [0.15, 0.2) is 40.2 Å². The third-order valence-electron chi connectivity index (χ3n) is 3.16. The molecular formula is C14H15BrN2S. The SMILES string of the molecule is Brc1ccc(CNCC2Cc3ccccc3N2)s1. The second kappa shape index (κ2) is 5.43. The zero-order chi connectivity index (χ0) is 12.4. The number of nitrogens with one attached hydrogen (secondary N) is 2. The number of halogens is 1. The molecule has 2 heterocycles. The van der Waals surface area contributed by atoms with Crippen LogP contribution in [0.25, 0.3) is 0 Å². The Kier molecular flexibility index (Phi) is 3.68. The van der Waals surface area contributed by atoms with Gasteiger partial charge in [0.25, 0.3) is 0 Å². The Morgan fingerprint density at radius 1 is 1.28 bits per heavy atom. The molecule has 0 amide bonds. The third kappa shape index (κ3) is 2.76. The van der Waals surface area contributed by atoms with Gasteiger partial charge in [-0.1, -0.05) is 18.2 Å². The summed E-state index contributed by atoms with van der Waals surface area (Å²) in [7, 11) is 0. The molecular weight excluding hydrogens is 308 g/mol. The van der Waals surface area contributed by atoms with E-state index in [1.54, 1.807) is 11.3 Å². The van der Waals surface area contributed by atoms with Crippen molar-refractivity contribution in [2.24, 2.45) is 0 Å². The maximum Gasteiger partial charge on any atom is 0.0701 e. The Bertz CT molecular complexity index is 513. The van der Waals surface area contributed by atoms with E-state index >= 15 is 0 Å². The summed E-state index contributed by atoms with van der Waals surface area (Å²) < 4.78 is 1.20. The minimum atomic E-state index is 0.519. The van der Waals surface area contributed by atoms with Crippen LogP contribution in [0, 0.1) is 0 Å². The van der Waals surface area contributed by atoms with Crippen molar-refractivity contribution in [1.82, 2.24) is 5.32 Å². The van der Waals surface area contributed by atoms with Crippen LogP contribution in [0.2, 0.25) is 0 Å². The van der Waals surface area contributed by atoms with Crippen LogP contribution in [0.1, 0.15) is 10.4 Å². The van der Waals surface area contributed by atoms with Crippen molar-refractivity contribution in [2.45, 2.75) is 19.0 Å². The second-order valence-corrected chi connectivity index (χ2v) is 7.09. The number of hydrogen-bond acceptors (Lipinski definition) is 3. The first-order valence-corrected chi connectivity index (χ1v) is 7.71. The first-order chi connectivity index (χ1) is 8.81. The lowest BCUT2D eigenvalue weighted by molar-refractivity contribution is 0.618. The fourth-order valence-electron chi connectivity index (χ4n) is 2.32. The van der Waals surface area contributed by atoms with Gasteiger partial charge in [0.1, 0.15) is 0 Å². The lowest BCUT2D eigenvalue weighted by Crippen LogP contribution is -2.30. The quantitative estimate of drug-likeness (QED) is 0.898. The van der Waals surface area contributed by atoms with Crippen LogP contribution in [-0.2, 0) is 13.0 Å². The van der Waals surface area contributed by atoms with E-state index in [9.17, 15) is 0 Å². The number of anilines is 1. The van der Waals surface area contributed by atoms with E-state index in [1.807, 2.05) is 0 Å². The predicted molar refractivity (Wildman–Crippen MR) is 81.3 cm³/mol. The number of rotatable bonds is 4. The highest BCUT2D eigenvalue weighted by Crippen LogP contribution is 2.25. The van der Waals surface area contributed by atoms with E-state index in [2.05, 4.69) is 63.0 Å². The van der Waals surface area contributed by atoms with Crippen LogP contribution >= 0.6 is 27.3 Å². The molecule has 0 saturated carbocycles. The smallest absolute Gasteiger partial charge is 0.0701 e. The van der Waals surface area contributed by atoms with Gasteiger partial charge < -0.3 is 10.6 Å². The van der Waals surface area contributed by atoms with E-state index in [-0.39, 0.29) is 0 Å². The van der Waals surface area contributed by atoms with Crippen molar-refractivity contribution in [3.05, 3.63) is 50.6 Å².